The van der Waals surface area contributed by atoms with Gasteiger partial charge in [0.25, 0.3) is 0 Å². The van der Waals surface area contributed by atoms with Gasteiger partial charge >= 0.3 is 0 Å². The van der Waals surface area contributed by atoms with Crippen LogP contribution in [-0.4, -0.2) is 9.97 Å². The van der Waals surface area contributed by atoms with E-state index in [9.17, 15) is 0 Å². The van der Waals surface area contributed by atoms with Gasteiger partial charge < -0.3 is 0 Å². The minimum atomic E-state index is -0.406. The van der Waals surface area contributed by atoms with Gasteiger partial charge in [-0.15, -0.1) is 0 Å². The molecule has 2 heteroatoms. The van der Waals surface area contributed by atoms with Gasteiger partial charge in [-0.05, 0) is 79.9 Å². The van der Waals surface area contributed by atoms with E-state index >= 15 is 0 Å². The topological polar surface area (TPSA) is 25.8 Å². The van der Waals surface area contributed by atoms with Gasteiger partial charge in [-0.3, -0.25) is 0 Å². The quantitative estimate of drug-likeness (QED) is 0.165. The molecule has 1 aliphatic carbocycles. The van der Waals surface area contributed by atoms with E-state index in [4.69, 9.17) is 9.97 Å². The zero-order chi connectivity index (χ0) is 36.6. The van der Waals surface area contributed by atoms with E-state index in [1.165, 1.54) is 44.5 Å². The van der Waals surface area contributed by atoms with Gasteiger partial charge in [0.2, 0.25) is 0 Å². The Bertz CT molecular complexity index is 2700. The molecule has 10 rings (SSSR count). The molecular formula is C53H36N2. The summed E-state index contributed by atoms with van der Waals surface area (Å²) >= 11 is 0. The first-order valence-corrected chi connectivity index (χ1v) is 18.8. The van der Waals surface area contributed by atoms with Crippen LogP contribution in [0.5, 0.6) is 0 Å². The lowest BCUT2D eigenvalue weighted by atomic mass is 9.67. The molecule has 0 fully saturated rings. The Morgan fingerprint density at radius 3 is 1.33 bits per heavy atom. The van der Waals surface area contributed by atoms with Gasteiger partial charge in [0.1, 0.15) is 0 Å². The van der Waals surface area contributed by atoms with Crippen LogP contribution in [0, 0.1) is 0 Å². The Morgan fingerprint density at radius 1 is 0.273 bits per heavy atom. The third-order valence-electron chi connectivity index (χ3n) is 11.0. The number of aromatic nitrogens is 2. The van der Waals surface area contributed by atoms with Crippen LogP contribution in [0.3, 0.4) is 0 Å². The van der Waals surface area contributed by atoms with E-state index in [-0.39, 0.29) is 0 Å². The summed E-state index contributed by atoms with van der Waals surface area (Å²) in [4.78, 5) is 10.1. The van der Waals surface area contributed by atoms with Gasteiger partial charge in [-0.2, -0.15) is 0 Å². The van der Waals surface area contributed by atoms with Crippen molar-refractivity contribution in [2.75, 3.05) is 0 Å². The summed E-state index contributed by atoms with van der Waals surface area (Å²) in [5.41, 5.74) is 16.9. The van der Waals surface area contributed by atoms with Crippen molar-refractivity contribution in [3.8, 4) is 67.3 Å². The highest BCUT2D eigenvalue weighted by molar-refractivity contribution is 5.89. The third kappa shape index (κ3) is 5.67. The smallest absolute Gasteiger partial charge is 0.160 e. The maximum absolute atomic E-state index is 5.10. The molecule has 258 valence electrons. The van der Waals surface area contributed by atoms with E-state index in [1.54, 1.807) is 0 Å². The van der Waals surface area contributed by atoms with Crippen molar-refractivity contribution in [2.45, 2.75) is 5.41 Å². The number of fused-ring (bicyclic) bond motifs is 3. The zero-order valence-corrected chi connectivity index (χ0v) is 30.2. The molecule has 0 bridgehead atoms. The van der Waals surface area contributed by atoms with Crippen molar-refractivity contribution < 1.29 is 0 Å². The third-order valence-corrected chi connectivity index (χ3v) is 11.0. The van der Waals surface area contributed by atoms with Crippen LogP contribution >= 0.6 is 0 Å². The second-order valence-corrected chi connectivity index (χ2v) is 14.1. The molecule has 0 saturated carbocycles. The van der Waals surface area contributed by atoms with Crippen LogP contribution in [-0.2, 0) is 5.41 Å². The molecule has 8 aromatic carbocycles. The molecule has 0 atom stereocenters. The number of benzene rings is 8. The van der Waals surface area contributed by atoms with Crippen LogP contribution in [0.15, 0.2) is 218 Å². The van der Waals surface area contributed by atoms with Crippen molar-refractivity contribution in [1.29, 1.82) is 0 Å². The van der Waals surface area contributed by atoms with E-state index < -0.39 is 5.41 Å². The Kier molecular flexibility index (Phi) is 8.08. The van der Waals surface area contributed by atoms with E-state index in [0.717, 1.165) is 39.2 Å². The van der Waals surface area contributed by atoms with Crippen molar-refractivity contribution in [1.82, 2.24) is 9.97 Å². The molecular weight excluding hydrogens is 665 g/mol. The SMILES string of the molecule is c1ccc(-c2cc(-c3cccc(-c4cccc(-c5ccc6c(c5)-c5ccccc5C6(c5ccccc5)c5ccccc5)c4)c3)nc(-c3ccccc3)n2)cc1. The van der Waals surface area contributed by atoms with Crippen LogP contribution in [0.4, 0.5) is 0 Å². The standard InChI is InChI=1S/C53H36N2/c1-5-17-37(18-6-1)50-36-51(55-52(54-50)38-19-7-2-8-20-38)43-24-16-23-41(34-43)39-21-15-22-40(33-39)42-31-32-49-47(35-42)46-29-13-14-30-48(46)53(49,44-25-9-3-10-26-44)45-27-11-4-12-28-45/h1-36H. The number of hydrogen-bond acceptors (Lipinski definition) is 2. The molecule has 1 aliphatic rings. The number of hydrogen-bond donors (Lipinski definition) is 0. The molecule has 0 saturated heterocycles. The van der Waals surface area contributed by atoms with Gasteiger partial charge in [-0.1, -0.05) is 194 Å². The Morgan fingerprint density at radius 2 is 0.709 bits per heavy atom. The minimum absolute atomic E-state index is 0.406. The highest BCUT2D eigenvalue weighted by Gasteiger charge is 2.45. The maximum Gasteiger partial charge on any atom is 0.160 e. The highest BCUT2D eigenvalue weighted by Crippen LogP contribution is 2.56. The summed E-state index contributed by atoms with van der Waals surface area (Å²) in [6.45, 7) is 0. The van der Waals surface area contributed by atoms with E-state index in [0.29, 0.717) is 5.82 Å². The summed E-state index contributed by atoms with van der Waals surface area (Å²) in [6, 6.07) is 78.2. The molecule has 0 aliphatic heterocycles. The summed E-state index contributed by atoms with van der Waals surface area (Å²) in [5.74, 6) is 0.714. The van der Waals surface area contributed by atoms with Crippen molar-refractivity contribution in [3.05, 3.63) is 241 Å². The summed E-state index contributed by atoms with van der Waals surface area (Å²) in [6.07, 6.45) is 0. The van der Waals surface area contributed by atoms with Gasteiger partial charge in [0.05, 0.1) is 16.8 Å². The molecule has 0 amide bonds. The predicted molar refractivity (Wildman–Crippen MR) is 227 cm³/mol. The summed E-state index contributed by atoms with van der Waals surface area (Å²) in [7, 11) is 0. The molecule has 0 spiro atoms. The first-order chi connectivity index (χ1) is 27.3. The van der Waals surface area contributed by atoms with Gasteiger partial charge in [-0.25, -0.2) is 9.97 Å². The number of rotatable bonds is 7. The van der Waals surface area contributed by atoms with Crippen LogP contribution in [0.1, 0.15) is 22.3 Å². The fourth-order valence-electron chi connectivity index (χ4n) is 8.43. The van der Waals surface area contributed by atoms with Crippen molar-refractivity contribution >= 4 is 0 Å². The van der Waals surface area contributed by atoms with Gasteiger partial charge in [0, 0.05) is 16.7 Å². The molecule has 1 aromatic heterocycles. The fraction of sp³-hybridized carbons (Fsp3) is 0.0189. The predicted octanol–water partition coefficient (Wildman–Crippen LogP) is 13.2. The second kappa shape index (κ2) is 13.7. The first kappa shape index (κ1) is 32.5. The Balaban J connectivity index is 1.06. The van der Waals surface area contributed by atoms with Crippen molar-refractivity contribution in [3.63, 3.8) is 0 Å². The summed E-state index contributed by atoms with van der Waals surface area (Å²) in [5, 5.41) is 0. The minimum Gasteiger partial charge on any atom is -0.228 e. The molecule has 2 nitrogen and oxygen atoms in total. The van der Waals surface area contributed by atoms with Gasteiger partial charge in [0.15, 0.2) is 5.82 Å². The average molecular weight is 701 g/mol. The lowest BCUT2D eigenvalue weighted by molar-refractivity contribution is 0.768. The fourth-order valence-corrected chi connectivity index (χ4v) is 8.43. The number of nitrogens with zero attached hydrogens (tertiary/aromatic N) is 2. The lowest BCUT2D eigenvalue weighted by Crippen LogP contribution is -2.28. The summed E-state index contributed by atoms with van der Waals surface area (Å²) < 4.78 is 0. The zero-order valence-electron chi connectivity index (χ0n) is 30.2. The monoisotopic (exact) mass is 700 g/mol. The molecule has 0 unspecified atom stereocenters. The molecule has 1 heterocycles. The Labute approximate surface area is 322 Å². The molecule has 9 aromatic rings. The van der Waals surface area contributed by atoms with E-state index in [2.05, 4.69) is 194 Å². The van der Waals surface area contributed by atoms with E-state index in [1.807, 2.05) is 24.3 Å². The average Bonchev–Trinajstić information content (AvgIpc) is 3.58. The normalized spacial score (nSPS) is 12.5. The molecule has 55 heavy (non-hydrogen) atoms. The maximum atomic E-state index is 5.10. The van der Waals surface area contributed by atoms with Crippen LogP contribution < -0.4 is 0 Å². The lowest BCUT2D eigenvalue weighted by Gasteiger charge is -2.33. The largest absolute Gasteiger partial charge is 0.228 e. The molecule has 0 radical (unpaired) electrons. The first-order valence-electron chi connectivity index (χ1n) is 18.8. The second-order valence-electron chi connectivity index (χ2n) is 14.1. The van der Waals surface area contributed by atoms with Crippen molar-refractivity contribution in [2.24, 2.45) is 0 Å². The molecule has 0 N–H and O–H groups in total. The van der Waals surface area contributed by atoms with Crippen LogP contribution in [0.25, 0.3) is 67.3 Å². The highest BCUT2D eigenvalue weighted by atomic mass is 14.9. The Hall–Kier alpha value is -7.16. The van der Waals surface area contributed by atoms with Crippen LogP contribution in [0.2, 0.25) is 0 Å².